The molecule has 29 heavy (non-hydrogen) atoms. The van der Waals surface area contributed by atoms with Crippen LogP contribution in [-0.2, 0) is 0 Å². The van der Waals surface area contributed by atoms with E-state index in [1.165, 1.54) is 6.07 Å². The Bertz CT molecular complexity index is 898. The molecule has 0 aromatic heterocycles. The molecule has 2 aromatic rings. The Morgan fingerprint density at radius 3 is 2.45 bits per heavy atom. The number of benzene rings is 2. The molecule has 154 valence electrons. The number of rotatable bonds is 4. The Kier molecular flexibility index (Phi) is 5.21. The lowest BCUT2D eigenvalue weighted by molar-refractivity contribution is -0.0298. The summed E-state index contributed by atoms with van der Waals surface area (Å²) in [5.74, 6) is 0.676. The van der Waals surface area contributed by atoms with Crippen molar-refractivity contribution in [2.45, 2.75) is 45.1 Å². The van der Waals surface area contributed by atoms with E-state index in [0.717, 1.165) is 24.0 Å². The minimum absolute atomic E-state index is 0.0275. The molecule has 6 heteroatoms. The number of carbonyl (C=O) groups is 1. The zero-order chi connectivity index (χ0) is 20.6. The first-order chi connectivity index (χ1) is 13.8. The number of aryl methyl sites for hydroxylation is 2. The van der Waals surface area contributed by atoms with Crippen molar-refractivity contribution < 1.29 is 19.0 Å². The van der Waals surface area contributed by atoms with Crippen molar-refractivity contribution in [3.05, 3.63) is 53.3 Å². The van der Waals surface area contributed by atoms with Gasteiger partial charge in [-0.05, 0) is 80.8 Å². The van der Waals surface area contributed by atoms with E-state index in [9.17, 15) is 14.3 Å². The molecule has 2 aliphatic rings. The molecular formula is C23H27FN2O3. The summed E-state index contributed by atoms with van der Waals surface area (Å²) in [5.41, 5.74) is 1.46. The number of para-hydroxylation sites is 1. The maximum atomic E-state index is 14.5. The van der Waals surface area contributed by atoms with Gasteiger partial charge < -0.3 is 20.1 Å². The van der Waals surface area contributed by atoms with E-state index in [4.69, 9.17) is 4.74 Å². The van der Waals surface area contributed by atoms with Crippen LogP contribution < -0.4 is 10.1 Å². The molecule has 2 fully saturated rings. The van der Waals surface area contributed by atoms with Crippen LogP contribution in [0.3, 0.4) is 0 Å². The van der Waals surface area contributed by atoms with Crippen molar-refractivity contribution in [1.82, 2.24) is 4.90 Å². The number of nitrogens with one attached hydrogen (secondary N) is 1. The van der Waals surface area contributed by atoms with Gasteiger partial charge in [0.05, 0.1) is 5.60 Å². The first kappa shape index (κ1) is 19.7. The van der Waals surface area contributed by atoms with Crippen molar-refractivity contribution in [2.75, 3.05) is 18.4 Å². The Morgan fingerprint density at radius 1 is 1.17 bits per heavy atom. The number of urea groups is 1. The van der Waals surface area contributed by atoms with E-state index in [0.29, 0.717) is 37.6 Å². The van der Waals surface area contributed by atoms with Crippen molar-refractivity contribution >= 4 is 11.7 Å². The summed E-state index contributed by atoms with van der Waals surface area (Å²) in [6.07, 6.45) is 3.26. The second kappa shape index (κ2) is 7.67. The number of amides is 2. The average Bonchev–Trinajstić information content (AvgIpc) is 3.50. The van der Waals surface area contributed by atoms with Gasteiger partial charge in [-0.1, -0.05) is 12.1 Å². The maximum absolute atomic E-state index is 14.5. The highest BCUT2D eigenvalue weighted by Gasteiger charge is 2.45. The van der Waals surface area contributed by atoms with Crippen molar-refractivity contribution in [1.29, 1.82) is 0 Å². The zero-order valence-electron chi connectivity index (χ0n) is 16.9. The van der Waals surface area contributed by atoms with Crippen LogP contribution >= 0.6 is 0 Å². The number of nitrogens with zero attached hydrogens (tertiary/aromatic N) is 1. The van der Waals surface area contributed by atoms with Crippen molar-refractivity contribution in [2.24, 2.45) is 5.92 Å². The van der Waals surface area contributed by atoms with E-state index in [1.807, 2.05) is 32.0 Å². The molecule has 0 atom stereocenters. The number of hydrogen-bond donors (Lipinski definition) is 2. The largest absolute Gasteiger partial charge is 0.455 e. The fraction of sp³-hybridized carbons (Fsp3) is 0.435. The monoisotopic (exact) mass is 398 g/mol. The van der Waals surface area contributed by atoms with Gasteiger partial charge in [0, 0.05) is 13.1 Å². The lowest BCUT2D eigenvalue weighted by Gasteiger charge is -2.38. The highest BCUT2D eigenvalue weighted by Crippen LogP contribution is 2.45. The highest BCUT2D eigenvalue weighted by atomic mass is 19.1. The molecule has 5 nitrogen and oxygen atoms in total. The van der Waals surface area contributed by atoms with Gasteiger partial charge in [0.15, 0.2) is 11.6 Å². The number of ether oxygens (including phenoxy) is 1. The average molecular weight is 398 g/mol. The number of likely N-dealkylation sites (tertiary alicyclic amines) is 1. The van der Waals surface area contributed by atoms with Crippen molar-refractivity contribution in [3.8, 4) is 11.5 Å². The van der Waals surface area contributed by atoms with Gasteiger partial charge in [-0.2, -0.15) is 0 Å². The third-order valence-corrected chi connectivity index (χ3v) is 5.88. The van der Waals surface area contributed by atoms with Crippen LogP contribution in [0, 0.1) is 25.6 Å². The molecule has 1 saturated heterocycles. The number of carbonyl (C=O) groups excluding carboxylic acids is 1. The molecule has 1 aliphatic carbocycles. The summed E-state index contributed by atoms with van der Waals surface area (Å²) in [6.45, 7) is 4.85. The Labute approximate surface area is 170 Å². The van der Waals surface area contributed by atoms with Crippen LogP contribution in [0.25, 0.3) is 0 Å². The minimum atomic E-state index is -0.647. The second-order valence-corrected chi connectivity index (χ2v) is 8.33. The quantitative estimate of drug-likeness (QED) is 0.762. The normalized spacial score (nSPS) is 18.4. The third-order valence-electron chi connectivity index (χ3n) is 5.88. The number of hydrogen-bond acceptors (Lipinski definition) is 3. The van der Waals surface area contributed by atoms with Crippen molar-refractivity contribution in [3.63, 3.8) is 0 Å². The third kappa shape index (κ3) is 4.37. The zero-order valence-corrected chi connectivity index (χ0v) is 16.9. The van der Waals surface area contributed by atoms with Crippen LogP contribution in [0.1, 0.15) is 36.8 Å². The number of aliphatic hydroxyl groups is 1. The summed E-state index contributed by atoms with van der Waals surface area (Å²) < 4.78 is 20.4. The summed E-state index contributed by atoms with van der Waals surface area (Å²) in [5, 5.41) is 13.3. The number of halogens is 1. The molecule has 4 rings (SSSR count). The van der Waals surface area contributed by atoms with Crippen LogP contribution in [0.5, 0.6) is 11.5 Å². The molecule has 1 saturated carbocycles. The molecule has 2 N–H and O–H groups in total. The maximum Gasteiger partial charge on any atom is 0.322 e. The lowest BCUT2D eigenvalue weighted by Crippen LogP contribution is -2.49. The van der Waals surface area contributed by atoms with Crippen LogP contribution in [0.2, 0.25) is 0 Å². The molecule has 0 radical (unpaired) electrons. The molecule has 1 heterocycles. The predicted octanol–water partition coefficient (Wildman–Crippen LogP) is 5.00. The van der Waals surface area contributed by atoms with E-state index in [1.54, 1.807) is 17.0 Å². The topological polar surface area (TPSA) is 61.8 Å². The molecule has 0 bridgehead atoms. The summed E-state index contributed by atoms with van der Waals surface area (Å²) in [6, 6.07) is 9.88. The van der Waals surface area contributed by atoms with Gasteiger partial charge in [0.2, 0.25) is 0 Å². The second-order valence-electron chi connectivity index (χ2n) is 8.33. The number of piperidine rings is 1. The molecule has 2 amide bonds. The Morgan fingerprint density at radius 2 is 1.83 bits per heavy atom. The lowest BCUT2D eigenvalue weighted by atomic mass is 9.87. The summed E-state index contributed by atoms with van der Waals surface area (Å²) in [7, 11) is 0. The van der Waals surface area contributed by atoms with Gasteiger partial charge >= 0.3 is 6.03 Å². The van der Waals surface area contributed by atoms with Gasteiger partial charge in [0.1, 0.15) is 11.4 Å². The number of anilines is 1. The summed E-state index contributed by atoms with van der Waals surface area (Å²) >= 11 is 0. The van der Waals surface area contributed by atoms with Gasteiger partial charge in [-0.15, -0.1) is 0 Å². The SMILES string of the molecule is Cc1cc(C)cc(Oc2cccc(F)c2NC(=O)N2CCC(O)(C3CC3)CC2)c1. The molecule has 0 unspecified atom stereocenters. The van der Waals surface area contributed by atoms with Gasteiger partial charge in [0.25, 0.3) is 0 Å². The van der Waals surface area contributed by atoms with E-state index < -0.39 is 11.4 Å². The first-order valence-corrected chi connectivity index (χ1v) is 10.2. The minimum Gasteiger partial charge on any atom is -0.455 e. The highest BCUT2D eigenvalue weighted by molar-refractivity contribution is 5.91. The summed E-state index contributed by atoms with van der Waals surface area (Å²) in [4.78, 5) is 14.4. The van der Waals surface area contributed by atoms with Crippen LogP contribution in [0.4, 0.5) is 14.9 Å². The van der Waals surface area contributed by atoms with Crippen LogP contribution in [0.15, 0.2) is 36.4 Å². The smallest absolute Gasteiger partial charge is 0.322 e. The molecular weight excluding hydrogens is 371 g/mol. The predicted molar refractivity (Wildman–Crippen MR) is 110 cm³/mol. The fourth-order valence-electron chi connectivity index (χ4n) is 4.14. The molecule has 0 spiro atoms. The van der Waals surface area contributed by atoms with Gasteiger partial charge in [-0.25, -0.2) is 9.18 Å². The van der Waals surface area contributed by atoms with Crippen LogP contribution in [-0.4, -0.2) is 34.7 Å². The first-order valence-electron chi connectivity index (χ1n) is 10.2. The van der Waals surface area contributed by atoms with E-state index >= 15 is 0 Å². The Balaban J connectivity index is 1.47. The van der Waals surface area contributed by atoms with E-state index in [2.05, 4.69) is 5.32 Å². The van der Waals surface area contributed by atoms with E-state index in [-0.39, 0.29) is 17.5 Å². The van der Waals surface area contributed by atoms with Gasteiger partial charge in [-0.3, -0.25) is 0 Å². The standard InChI is InChI=1S/C23H27FN2O3/c1-15-12-16(2)14-18(13-15)29-20-5-3-4-19(24)21(20)25-22(27)26-10-8-23(28,9-11-26)17-6-7-17/h3-5,12-14,17,28H,6-11H2,1-2H3,(H,25,27). The Hall–Kier alpha value is -2.60. The molecule has 1 aliphatic heterocycles. The molecule has 2 aromatic carbocycles. The fourth-order valence-corrected chi connectivity index (χ4v) is 4.14.